The lowest BCUT2D eigenvalue weighted by Gasteiger charge is -2.38. The Morgan fingerprint density at radius 2 is 1.41 bits per heavy atom. The number of aryl methyl sites for hydroxylation is 1. The number of hydrogen-bond acceptors (Lipinski definition) is 2. The van der Waals surface area contributed by atoms with Crippen molar-refractivity contribution in [3.8, 4) is 22.5 Å². The molecule has 1 fully saturated rings. The van der Waals surface area contributed by atoms with Gasteiger partial charge in [0, 0.05) is 45.9 Å². The fourth-order valence-electron chi connectivity index (χ4n) is 13.3. The van der Waals surface area contributed by atoms with Gasteiger partial charge in [-0.05, 0) is 234 Å². The minimum atomic E-state index is -0.306. The summed E-state index contributed by atoms with van der Waals surface area (Å²) in [5.74, 6) is 1.26. The van der Waals surface area contributed by atoms with Crippen LogP contribution in [0.2, 0.25) is 0 Å². The molecule has 0 aliphatic heterocycles. The van der Waals surface area contributed by atoms with Gasteiger partial charge in [-0.2, -0.15) is 0 Å². The van der Waals surface area contributed by atoms with E-state index >= 15 is 0 Å². The molecular weight excluding hydrogens is 909 g/mol. The fraction of sp³-hybridized carbons (Fsp3) is 0.197. The molecule has 370 valence electrons. The molecule has 8 aromatic rings. The van der Waals surface area contributed by atoms with Gasteiger partial charge in [0.2, 0.25) is 0 Å². The molecule has 0 amide bonds. The van der Waals surface area contributed by atoms with Crippen molar-refractivity contribution in [2.75, 3.05) is 0 Å². The molecule has 75 heavy (non-hydrogen) atoms. The van der Waals surface area contributed by atoms with Gasteiger partial charge in [0.05, 0.1) is 10.9 Å². The molecule has 2 N–H and O–H groups in total. The van der Waals surface area contributed by atoms with Crippen molar-refractivity contribution in [3.63, 3.8) is 0 Å². The van der Waals surface area contributed by atoms with Crippen molar-refractivity contribution in [1.29, 1.82) is 0 Å². The fourth-order valence-corrected chi connectivity index (χ4v) is 13.3. The molecule has 12 rings (SSSR count). The third-order valence-electron chi connectivity index (χ3n) is 17.1. The van der Waals surface area contributed by atoms with Crippen LogP contribution >= 0.6 is 0 Å². The summed E-state index contributed by atoms with van der Waals surface area (Å²) in [4.78, 5) is 4.28. The predicted molar refractivity (Wildman–Crippen MR) is 318 cm³/mol. The first-order valence-electron chi connectivity index (χ1n) is 27.0. The zero-order valence-corrected chi connectivity index (χ0v) is 44.2. The highest BCUT2D eigenvalue weighted by atomic mass is 15.0. The van der Waals surface area contributed by atoms with E-state index in [1.807, 2.05) is 30.6 Å². The minimum absolute atomic E-state index is 0.306. The van der Waals surface area contributed by atoms with Gasteiger partial charge in [0.15, 0.2) is 0 Å². The number of nitrogens with zero attached hydrogens (tertiary/aromatic N) is 3. The molecule has 0 radical (unpaired) electrons. The molecule has 4 aliphatic carbocycles. The Morgan fingerprint density at radius 1 is 0.707 bits per heavy atom. The van der Waals surface area contributed by atoms with Gasteiger partial charge in [0.1, 0.15) is 0 Å². The van der Waals surface area contributed by atoms with Crippen molar-refractivity contribution in [2.45, 2.75) is 84.5 Å². The molecule has 0 saturated heterocycles. The Bertz CT molecular complexity index is 3900. The van der Waals surface area contributed by atoms with E-state index in [2.05, 4.69) is 226 Å². The summed E-state index contributed by atoms with van der Waals surface area (Å²) < 4.78 is 5.04. The standard InChI is InChI=1S/C71H66N4/c1-8-11-17-57-39-53-25-24-52(43-66(53)71(57)64-20-14-12-18-61(64)62-19-13-15-21-65(62)71)54-37-55(38-54)56-40-58(44-59(41-56)75-67(16-9-2)47(6)60-27-22-45(4)36-70(60)75)74-68(28-23-46(5)50-31-34-73-35-32-50)48(7)63-42-51(26-29-69(63)74)49(10-3)30-33-72/h8-21,23-36,40-45,54-55H,5,22,37-39,72H2,1-4,6-7H3/b11-8-,16-9-,28-23-,33-30-,49-10+,57-17+. The molecule has 4 aliphatic rings. The van der Waals surface area contributed by atoms with E-state index in [0.29, 0.717) is 17.8 Å². The summed E-state index contributed by atoms with van der Waals surface area (Å²) >= 11 is 0. The Labute approximate surface area is 443 Å². The number of nitrogens with two attached hydrogens (primary N) is 1. The molecule has 5 aromatic carbocycles. The highest BCUT2D eigenvalue weighted by Crippen LogP contribution is 2.61. The molecule has 0 bridgehead atoms. The number of pyridine rings is 1. The van der Waals surface area contributed by atoms with Crippen LogP contribution in [-0.4, -0.2) is 14.1 Å². The van der Waals surface area contributed by atoms with Crippen molar-refractivity contribution < 1.29 is 0 Å². The van der Waals surface area contributed by atoms with Crippen LogP contribution in [0.25, 0.3) is 68.9 Å². The number of hydrogen-bond donors (Lipinski definition) is 1. The second-order valence-electron chi connectivity index (χ2n) is 21.3. The highest BCUT2D eigenvalue weighted by molar-refractivity contribution is 5.94. The molecule has 4 nitrogen and oxygen atoms in total. The van der Waals surface area contributed by atoms with Gasteiger partial charge < -0.3 is 14.9 Å². The summed E-state index contributed by atoms with van der Waals surface area (Å²) in [6.07, 6.45) is 34.2. The number of rotatable bonds is 11. The van der Waals surface area contributed by atoms with Crippen LogP contribution in [0.3, 0.4) is 0 Å². The van der Waals surface area contributed by atoms with E-state index in [1.54, 1.807) is 6.20 Å². The molecule has 3 heterocycles. The van der Waals surface area contributed by atoms with E-state index in [-0.39, 0.29) is 5.41 Å². The number of fused-ring (bicyclic) bond motifs is 9. The van der Waals surface area contributed by atoms with Crippen LogP contribution in [-0.2, 0) is 11.8 Å². The molecule has 1 spiro atoms. The first-order valence-corrected chi connectivity index (χ1v) is 27.0. The van der Waals surface area contributed by atoms with Crippen LogP contribution in [0, 0.1) is 19.8 Å². The van der Waals surface area contributed by atoms with E-state index in [4.69, 9.17) is 5.73 Å². The van der Waals surface area contributed by atoms with Gasteiger partial charge in [-0.25, -0.2) is 0 Å². The Kier molecular flexibility index (Phi) is 12.3. The van der Waals surface area contributed by atoms with Gasteiger partial charge in [-0.15, -0.1) is 0 Å². The monoisotopic (exact) mass is 975 g/mol. The second kappa shape index (κ2) is 19.2. The third kappa shape index (κ3) is 7.76. The van der Waals surface area contributed by atoms with E-state index in [9.17, 15) is 0 Å². The first kappa shape index (κ1) is 47.8. The number of aromatic nitrogens is 3. The topological polar surface area (TPSA) is 48.8 Å². The Balaban J connectivity index is 1.01. The first-order chi connectivity index (χ1) is 36.7. The maximum absolute atomic E-state index is 5.98. The Morgan fingerprint density at radius 3 is 2.12 bits per heavy atom. The normalized spacial score (nSPS) is 19.0. The zero-order chi connectivity index (χ0) is 51.5. The van der Waals surface area contributed by atoms with E-state index < -0.39 is 0 Å². The van der Waals surface area contributed by atoms with E-state index in [1.165, 1.54) is 88.5 Å². The quantitative estimate of drug-likeness (QED) is 0.131. The summed E-state index contributed by atoms with van der Waals surface area (Å²) in [7, 11) is 0. The van der Waals surface area contributed by atoms with Crippen molar-refractivity contribution in [2.24, 2.45) is 11.7 Å². The summed E-state index contributed by atoms with van der Waals surface area (Å²) in [5, 5.41) is 3.84. The average molecular weight is 975 g/mol. The molecular formula is C71H66N4. The smallest absolute Gasteiger partial charge is 0.0682 e. The maximum Gasteiger partial charge on any atom is 0.0682 e. The SMILES string of the molecule is C=C(/C=C\c1c(C)c2cc(C(/C=C\N)=C/C)ccc2n1-c1cc(C2CC(c3ccc4c(c3)C3(/C(=C/C=C\C)C4)c4ccccc4-c4ccccc43)C2)cc(-n2c(/C=C\C)c(C)c3c2=CC(C)CC=3)c1)c1ccncc1. The molecule has 1 atom stereocenters. The lowest BCUT2D eigenvalue weighted by Crippen LogP contribution is -2.33. The summed E-state index contributed by atoms with van der Waals surface area (Å²) in [6, 6.07) is 44.2. The largest absolute Gasteiger partial charge is 0.405 e. The van der Waals surface area contributed by atoms with Crippen LogP contribution in [0.15, 0.2) is 189 Å². The van der Waals surface area contributed by atoms with E-state index in [0.717, 1.165) is 64.9 Å². The zero-order valence-electron chi connectivity index (χ0n) is 44.2. The molecule has 4 heteroatoms. The van der Waals surface area contributed by atoms with Crippen LogP contribution in [0.5, 0.6) is 0 Å². The second-order valence-corrected chi connectivity index (χ2v) is 21.3. The average Bonchev–Trinajstić information content (AvgIpc) is 4.10. The van der Waals surface area contributed by atoms with Gasteiger partial charge in [-0.1, -0.05) is 135 Å². The van der Waals surface area contributed by atoms with Crippen LogP contribution < -0.4 is 16.3 Å². The molecule has 1 saturated carbocycles. The third-order valence-corrected chi connectivity index (χ3v) is 17.1. The van der Waals surface area contributed by atoms with Gasteiger partial charge >= 0.3 is 0 Å². The van der Waals surface area contributed by atoms with Crippen LogP contribution in [0.1, 0.15) is 126 Å². The van der Waals surface area contributed by atoms with Crippen molar-refractivity contribution in [3.05, 3.63) is 266 Å². The molecule has 1 unspecified atom stereocenters. The lowest BCUT2D eigenvalue weighted by atomic mass is 9.66. The highest BCUT2D eigenvalue weighted by Gasteiger charge is 2.51. The summed E-state index contributed by atoms with van der Waals surface area (Å²) in [5.41, 5.74) is 31.0. The lowest BCUT2D eigenvalue weighted by molar-refractivity contribution is 0.351. The summed E-state index contributed by atoms with van der Waals surface area (Å²) in [6.45, 7) is 17.7. The number of allylic oxidation sites excluding steroid dienone is 10. The predicted octanol–water partition coefficient (Wildman–Crippen LogP) is 15.7. The minimum Gasteiger partial charge on any atom is -0.405 e. The Hall–Kier alpha value is -8.21. The molecule has 3 aromatic heterocycles. The van der Waals surface area contributed by atoms with Gasteiger partial charge in [-0.3, -0.25) is 4.98 Å². The maximum atomic E-state index is 5.98. The van der Waals surface area contributed by atoms with Gasteiger partial charge in [0.25, 0.3) is 0 Å². The van der Waals surface area contributed by atoms with Crippen molar-refractivity contribution in [1.82, 2.24) is 14.1 Å². The van der Waals surface area contributed by atoms with Crippen molar-refractivity contribution >= 4 is 46.4 Å². The van der Waals surface area contributed by atoms with Crippen LogP contribution in [0.4, 0.5) is 0 Å². The number of benzene rings is 5.